The predicted octanol–water partition coefficient (Wildman–Crippen LogP) is 1.38. The standard InChI is InChI=1S/C23H23N7O3/c31-21(11-6-17-4-2-1-3-5-17)29-14-12-19(13-15-29)23(33)26-25-22(32)18-7-9-20(10-8-18)30-16-24-27-28-30/h1-11,16,19H,12-15H2,(H,25,32)(H,26,33)/b11-6+. The average molecular weight is 445 g/mol. The minimum absolute atomic E-state index is 0.0730. The van der Waals surface area contributed by atoms with Gasteiger partial charge in [-0.05, 0) is 59.2 Å². The molecule has 1 aromatic heterocycles. The van der Waals surface area contributed by atoms with Crippen LogP contribution in [0.4, 0.5) is 0 Å². The number of rotatable bonds is 5. The summed E-state index contributed by atoms with van der Waals surface area (Å²) in [6, 6.07) is 16.2. The van der Waals surface area contributed by atoms with Gasteiger partial charge >= 0.3 is 0 Å². The zero-order valence-corrected chi connectivity index (χ0v) is 17.8. The first-order valence-corrected chi connectivity index (χ1v) is 10.6. The Labute approximate surface area is 190 Å². The molecule has 1 fully saturated rings. The summed E-state index contributed by atoms with van der Waals surface area (Å²) in [5.74, 6) is -1.03. The Morgan fingerprint density at radius 2 is 1.67 bits per heavy atom. The molecule has 10 nitrogen and oxygen atoms in total. The highest BCUT2D eigenvalue weighted by Gasteiger charge is 2.26. The van der Waals surface area contributed by atoms with Gasteiger partial charge in [0.05, 0.1) is 5.69 Å². The van der Waals surface area contributed by atoms with E-state index in [2.05, 4.69) is 26.4 Å². The molecule has 168 valence electrons. The molecule has 2 N–H and O–H groups in total. The number of nitrogens with one attached hydrogen (secondary N) is 2. The Morgan fingerprint density at radius 1 is 0.939 bits per heavy atom. The van der Waals surface area contributed by atoms with Crippen molar-refractivity contribution in [1.29, 1.82) is 0 Å². The van der Waals surface area contributed by atoms with E-state index >= 15 is 0 Å². The second-order valence-corrected chi connectivity index (χ2v) is 7.59. The topological polar surface area (TPSA) is 122 Å². The van der Waals surface area contributed by atoms with Crippen LogP contribution in [0.5, 0.6) is 0 Å². The van der Waals surface area contributed by atoms with Crippen LogP contribution in [0.15, 0.2) is 67.0 Å². The highest BCUT2D eigenvalue weighted by molar-refractivity contribution is 5.96. The number of amides is 3. The molecule has 2 heterocycles. The van der Waals surface area contributed by atoms with Crippen LogP contribution in [-0.2, 0) is 9.59 Å². The maximum absolute atomic E-state index is 12.5. The number of benzene rings is 2. The number of nitrogens with zero attached hydrogens (tertiary/aromatic N) is 5. The van der Waals surface area contributed by atoms with Crippen molar-refractivity contribution in [2.24, 2.45) is 5.92 Å². The lowest BCUT2D eigenvalue weighted by molar-refractivity contribution is -0.132. The van der Waals surface area contributed by atoms with Crippen LogP contribution in [-0.4, -0.2) is 55.9 Å². The van der Waals surface area contributed by atoms with E-state index in [1.807, 2.05) is 30.3 Å². The van der Waals surface area contributed by atoms with Crippen molar-refractivity contribution < 1.29 is 14.4 Å². The van der Waals surface area contributed by atoms with Crippen LogP contribution in [0.25, 0.3) is 11.8 Å². The molecular weight excluding hydrogens is 422 g/mol. The molecule has 33 heavy (non-hydrogen) atoms. The monoisotopic (exact) mass is 445 g/mol. The maximum Gasteiger partial charge on any atom is 0.269 e. The predicted molar refractivity (Wildman–Crippen MR) is 120 cm³/mol. The Bertz CT molecular complexity index is 1120. The molecule has 1 aliphatic heterocycles. The van der Waals surface area contributed by atoms with Gasteiger partial charge in [-0.1, -0.05) is 30.3 Å². The molecule has 0 aliphatic carbocycles. The van der Waals surface area contributed by atoms with Crippen molar-refractivity contribution >= 4 is 23.8 Å². The number of hydrogen-bond acceptors (Lipinski definition) is 6. The number of likely N-dealkylation sites (tertiary alicyclic amines) is 1. The molecular formula is C23H23N7O3. The molecule has 0 atom stereocenters. The van der Waals surface area contributed by atoms with Crippen LogP contribution in [0, 0.1) is 5.92 Å². The fraction of sp³-hybridized carbons (Fsp3) is 0.217. The van der Waals surface area contributed by atoms with Crippen molar-refractivity contribution in [3.8, 4) is 5.69 Å². The molecule has 0 spiro atoms. The molecule has 0 unspecified atom stereocenters. The third-order valence-corrected chi connectivity index (χ3v) is 5.44. The Balaban J connectivity index is 1.22. The van der Waals surface area contributed by atoms with Crippen LogP contribution in [0.1, 0.15) is 28.8 Å². The summed E-state index contributed by atoms with van der Waals surface area (Å²) in [4.78, 5) is 38.9. The van der Waals surface area contributed by atoms with Gasteiger partial charge in [-0.25, -0.2) is 4.68 Å². The summed E-state index contributed by atoms with van der Waals surface area (Å²) < 4.78 is 1.47. The zero-order chi connectivity index (χ0) is 23.0. The Morgan fingerprint density at radius 3 is 2.33 bits per heavy atom. The van der Waals surface area contributed by atoms with Crippen molar-refractivity contribution in [1.82, 2.24) is 36.0 Å². The molecule has 4 rings (SSSR count). The van der Waals surface area contributed by atoms with Crippen LogP contribution >= 0.6 is 0 Å². The first kappa shape index (κ1) is 21.9. The number of tetrazole rings is 1. The minimum Gasteiger partial charge on any atom is -0.339 e. The summed E-state index contributed by atoms with van der Waals surface area (Å²) in [6.07, 6.45) is 5.86. The molecule has 0 bridgehead atoms. The van der Waals surface area contributed by atoms with Crippen molar-refractivity contribution in [3.05, 3.63) is 78.1 Å². The summed E-state index contributed by atoms with van der Waals surface area (Å²) in [7, 11) is 0. The van der Waals surface area contributed by atoms with Gasteiger partial charge in [0.15, 0.2) is 0 Å². The second-order valence-electron chi connectivity index (χ2n) is 7.59. The van der Waals surface area contributed by atoms with E-state index < -0.39 is 5.91 Å². The van der Waals surface area contributed by atoms with Gasteiger partial charge in [0.25, 0.3) is 5.91 Å². The zero-order valence-electron chi connectivity index (χ0n) is 17.8. The molecule has 10 heteroatoms. The summed E-state index contributed by atoms with van der Waals surface area (Å²) in [6.45, 7) is 0.977. The lowest BCUT2D eigenvalue weighted by Crippen LogP contribution is -2.48. The van der Waals surface area contributed by atoms with E-state index in [1.165, 1.54) is 11.0 Å². The SMILES string of the molecule is O=C(NNC(=O)C1CCN(C(=O)/C=C/c2ccccc2)CC1)c1ccc(-n2cnnn2)cc1. The second kappa shape index (κ2) is 10.3. The fourth-order valence-electron chi connectivity index (χ4n) is 3.54. The first-order valence-electron chi connectivity index (χ1n) is 10.6. The quantitative estimate of drug-likeness (QED) is 0.452. The van der Waals surface area contributed by atoms with Gasteiger partial charge in [-0.15, -0.1) is 5.10 Å². The highest BCUT2D eigenvalue weighted by atomic mass is 16.2. The lowest BCUT2D eigenvalue weighted by atomic mass is 9.96. The largest absolute Gasteiger partial charge is 0.339 e. The van der Waals surface area contributed by atoms with E-state index in [0.29, 0.717) is 37.2 Å². The minimum atomic E-state index is -0.426. The van der Waals surface area contributed by atoms with Crippen LogP contribution < -0.4 is 10.9 Å². The van der Waals surface area contributed by atoms with E-state index in [1.54, 1.807) is 41.3 Å². The number of hydrazine groups is 1. The van der Waals surface area contributed by atoms with Gasteiger partial charge in [0, 0.05) is 30.6 Å². The summed E-state index contributed by atoms with van der Waals surface area (Å²) >= 11 is 0. The number of carbonyl (C=O) groups excluding carboxylic acids is 3. The van der Waals surface area contributed by atoms with Gasteiger partial charge in [-0.3, -0.25) is 25.2 Å². The smallest absolute Gasteiger partial charge is 0.269 e. The summed E-state index contributed by atoms with van der Waals surface area (Å²) in [5.41, 5.74) is 6.99. The fourth-order valence-corrected chi connectivity index (χ4v) is 3.54. The van der Waals surface area contributed by atoms with Crippen molar-refractivity contribution in [3.63, 3.8) is 0 Å². The number of hydrogen-bond donors (Lipinski definition) is 2. The van der Waals surface area contributed by atoms with E-state index in [4.69, 9.17) is 0 Å². The van der Waals surface area contributed by atoms with E-state index in [0.717, 1.165) is 5.56 Å². The Hall–Kier alpha value is -4.34. The van der Waals surface area contributed by atoms with E-state index in [-0.39, 0.29) is 17.7 Å². The van der Waals surface area contributed by atoms with Crippen LogP contribution in [0.2, 0.25) is 0 Å². The Kier molecular flexibility index (Phi) is 6.84. The van der Waals surface area contributed by atoms with Gasteiger partial charge in [0.1, 0.15) is 6.33 Å². The molecule has 3 amide bonds. The molecule has 2 aromatic carbocycles. The van der Waals surface area contributed by atoms with Gasteiger partial charge in [0.2, 0.25) is 11.8 Å². The van der Waals surface area contributed by atoms with Crippen molar-refractivity contribution in [2.75, 3.05) is 13.1 Å². The lowest BCUT2D eigenvalue weighted by Gasteiger charge is -2.30. The molecule has 0 radical (unpaired) electrons. The molecule has 1 saturated heterocycles. The molecule has 1 aliphatic rings. The van der Waals surface area contributed by atoms with Crippen LogP contribution in [0.3, 0.4) is 0 Å². The van der Waals surface area contributed by atoms with Crippen molar-refractivity contribution in [2.45, 2.75) is 12.8 Å². The average Bonchev–Trinajstić information content (AvgIpc) is 3.41. The first-order chi connectivity index (χ1) is 16.1. The third-order valence-electron chi connectivity index (χ3n) is 5.44. The normalized spacial score (nSPS) is 14.2. The van der Waals surface area contributed by atoms with Gasteiger partial charge in [-0.2, -0.15) is 0 Å². The van der Waals surface area contributed by atoms with E-state index in [9.17, 15) is 14.4 Å². The molecule has 3 aromatic rings. The number of carbonyl (C=O) groups is 3. The highest BCUT2D eigenvalue weighted by Crippen LogP contribution is 2.18. The summed E-state index contributed by atoms with van der Waals surface area (Å²) in [5, 5.41) is 10.9. The third kappa shape index (κ3) is 5.67. The number of piperidine rings is 1. The number of aromatic nitrogens is 4. The van der Waals surface area contributed by atoms with Gasteiger partial charge < -0.3 is 4.90 Å². The maximum atomic E-state index is 12.5. The molecule has 0 saturated carbocycles.